The average molecular weight is 346 g/mol. The van der Waals surface area contributed by atoms with Gasteiger partial charge in [-0.25, -0.2) is 4.98 Å². The summed E-state index contributed by atoms with van der Waals surface area (Å²) in [7, 11) is 0. The summed E-state index contributed by atoms with van der Waals surface area (Å²) in [5, 5.41) is 20.2. The van der Waals surface area contributed by atoms with Crippen LogP contribution >= 0.6 is 0 Å². The average Bonchev–Trinajstić information content (AvgIpc) is 2.99. The first-order valence-electron chi connectivity index (χ1n) is 8.65. The lowest BCUT2D eigenvalue weighted by atomic mass is 9.80. The zero-order valence-electron chi connectivity index (χ0n) is 14.1. The van der Waals surface area contributed by atoms with Gasteiger partial charge in [0, 0.05) is 25.6 Å². The number of fused-ring (bicyclic) bond motifs is 1. The molecule has 2 aromatic rings. The number of hydrogen-bond acceptors (Lipinski definition) is 6. The Balaban J connectivity index is 1.48. The van der Waals surface area contributed by atoms with E-state index in [-0.39, 0.29) is 5.91 Å². The molecule has 1 aromatic carbocycles. The summed E-state index contributed by atoms with van der Waals surface area (Å²) < 4.78 is 11.3. The minimum absolute atomic E-state index is 0.0725. The smallest absolute Gasteiger partial charge is 0.253 e. The lowest BCUT2D eigenvalue weighted by molar-refractivity contribution is -0.212. The normalized spacial score (nSPS) is 26.3. The first-order valence-corrected chi connectivity index (χ1v) is 8.65. The summed E-state index contributed by atoms with van der Waals surface area (Å²) in [4.78, 5) is 18.8. The number of aliphatic hydroxyl groups is 2. The fraction of sp³-hybridized carbons (Fsp3) is 0.556. The quantitative estimate of drug-likeness (QED) is 0.807. The van der Waals surface area contributed by atoms with Crippen molar-refractivity contribution in [3.8, 4) is 0 Å². The SMILES string of the molecule is Cc1nc2ccc(C(=O)N3CCC4(CC3)OCC[C@H](O)[C@@H]4O)cc2o1. The van der Waals surface area contributed by atoms with E-state index in [4.69, 9.17) is 9.15 Å². The van der Waals surface area contributed by atoms with E-state index >= 15 is 0 Å². The van der Waals surface area contributed by atoms with Gasteiger partial charge in [-0.3, -0.25) is 4.79 Å². The third-order valence-electron chi connectivity index (χ3n) is 5.35. The van der Waals surface area contributed by atoms with Gasteiger partial charge in [-0.05, 0) is 37.5 Å². The molecule has 2 saturated heterocycles. The molecule has 0 bridgehead atoms. The number of rotatable bonds is 1. The van der Waals surface area contributed by atoms with Crippen molar-refractivity contribution in [3.05, 3.63) is 29.7 Å². The molecule has 3 heterocycles. The number of likely N-dealkylation sites (tertiary alicyclic amines) is 1. The molecule has 1 amide bonds. The summed E-state index contributed by atoms with van der Waals surface area (Å²) in [5.74, 6) is 0.498. The number of aliphatic hydroxyl groups excluding tert-OH is 2. The molecule has 0 unspecified atom stereocenters. The zero-order chi connectivity index (χ0) is 17.6. The molecule has 4 rings (SSSR count). The highest BCUT2D eigenvalue weighted by atomic mass is 16.5. The van der Waals surface area contributed by atoms with Gasteiger partial charge in [0.25, 0.3) is 5.91 Å². The molecule has 2 atom stereocenters. The lowest BCUT2D eigenvalue weighted by Gasteiger charge is -2.48. The van der Waals surface area contributed by atoms with Crippen LogP contribution in [0.3, 0.4) is 0 Å². The first kappa shape index (κ1) is 16.5. The Morgan fingerprint density at radius 3 is 2.84 bits per heavy atom. The molecule has 0 saturated carbocycles. The lowest BCUT2D eigenvalue weighted by Crippen LogP contribution is -2.60. The number of piperidine rings is 1. The molecule has 0 aliphatic carbocycles. The van der Waals surface area contributed by atoms with Crippen LogP contribution in [0.15, 0.2) is 22.6 Å². The number of oxazole rings is 1. The predicted molar refractivity (Wildman–Crippen MR) is 89.2 cm³/mol. The van der Waals surface area contributed by atoms with Crippen molar-refractivity contribution in [2.24, 2.45) is 0 Å². The second kappa shape index (κ2) is 6.09. The molecule has 2 aliphatic heterocycles. The Morgan fingerprint density at radius 2 is 2.08 bits per heavy atom. The summed E-state index contributed by atoms with van der Waals surface area (Å²) >= 11 is 0. The van der Waals surface area contributed by atoms with E-state index in [0.717, 1.165) is 5.52 Å². The van der Waals surface area contributed by atoms with Crippen LogP contribution in [0.4, 0.5) is 0 Å². The van der Waals surface area contributed by atoms with E-state index in [9.17, 15) is 15.0 Å². The maximum Gasteiger partial charge on any atom is 0.253 e. The molecule has 7 heteroatoms. The first-order chi connectivity index (χ1) is 12.0. The number of aryl methyl sites for hydroxylation is 1. The van der Waals surface area contributed by atoms with Crippen LogP contribution in [0.2, 0.25) is 0 Å². The molecule has 1 aromatic heterocycles. The summed E-state index contributed by atoms with van der Waals surface area (Å²) in [6.07, 6.45) is -0.177. The standard InChI is InChI=1S/C18H22N2O5/c1-11-19-13-3-2-12(10-15(13)25-11)17(23)20-7-5-18(6-8-20)16(22)14(21)4-9-24-18/h2-3,10,14,16,21-22H,4-9H2,1H3/t14-,16-/m0/s1. The molecular formula is C18H22N2O5. The number of ether oxygens (including phenoxy) is 1. The largest absolute Gasteiger partial charge is 0.441 e. The van der Waals surface area contributed by atoms with Crippen LogP contribution in [-0.4, -0.2) is 63.5 Å². The molecule has 1 spiro atoms. The van der Waals surface area contributed by atoms with Gasteiger partial charge in [0.15, 0.2) is 11.5 Å². The molecule has 2 aliphatic rings. The van der Waals surface area contributed by atoms with Gasteiger partial charge in [0.1, 0.15) is 11.6 Å². The Morgan fingerprint density at radius 1 is 1.32 bits per heavy atom. The second-order valence-electron chi connectivity index (χ2n) is 6.92. The highest BCUT2D eigenvalue weighted by Gasteiger charge is 2.48. The van der Waals surface area contributed by atoms with Crippen molar-refractivity contribution in [1.29, 1.82) is 0 Å². The third kappa shape index (κ3) is 2.82. The van der Waals surface area contributed by atoms with Crippen molar-refractivity contribution in [2.75, 3.05) is 19.7 Å². The Labute approximate surface area is 145 Å². The van der Waals surface area contributed by atoms with E-state index in [1.807, 2.05) is 0 Å². The molecule has 0 radical (unpaired) electrons. The number of hydrogen-bond donors (Lipinski definition) is 2. The van der Waals surface area contributed by atoms with Gasteiger partial charge in [0.05, 0.1) is 18.3 Å². The van der Waals surface area contributed by atoms with Gasteiger partial charge in [0.2, 0.25) is 0 Å². The van der Waals surface area contributed by atoms with E-state index in [0.29, 0.717) is 56.0 Å². The maximum absolute atomic E-state index is 12.8. The van der Waals surface area contributed by atoms with E-state index < -0.39 is 17.8 Å². The van der Waals surface area contributed by atoms with Crippen molar-refractivity contribution in [2.45, 2.75) is 44.0 Å². The van der Waals surface area contributed by atoms with Crippen LogP contribution in [0.1, 0.15) is 35.5 Å². The molecule has 134 valence electrons. The highest BCUT2D eigenvalue weighted by molar-refractivity contribution is 5.97. The number of carbonyl (C=O) groups is 1. The van der Waals surface area contributed by atoms with Gasteiger partial charge in [-0.2, -0.15) is 0 Å². The van der Waals surface area contributed by atoms with Gasteiger partial charge in [-0.1, -0.05) is 0 Å². The summed E-state index contributed by atoms with van der Waals surface area (Å²) in [6.45, 7) is 3.18. The molecule has 2 fully saturated rings. The number of amides is 1. The topological polar surface area (TPSA) is 96.0 Å². The highest BCUT2D eigenvalue weighted by Crippen LogP contribution is 2.35. The van der Waals surface area contributed by atoms with Crippen LogP contribution in [0, 0.1) is 6.92 Å². The molecule has 25 heavy (non-hydrogen) atoms. The van der Waals surface area contributed by atoms with E-state index in [1.54, 1.807) is 30.0 Å². The summed E-state index contributed by atoms with van der Waals surface area (Å²) in [5.41, 5.74) is 1.16. The fourth-order valence-electron chi connectivity index (χ4n) is 3.86. The van der Waals surface area contributed by atoms with Gasteiger partial charge in [-0.15, -0.1) is 0 Å². The van der Waals surface area contributed by atoms with Crippen molar-refractivity contribution in [1.82, 2.24) is 9.88 Å². The van der Waals surface area contributed by atoms with Gasteiger partial charge < -0.3 is 24.3 Å². The van der Waals surface area contributed by atoms with Crippen LogP contribution in [-0.2, 0) is 4.74 Å². The molecule has 7 nitrogen and oxygen atoms in total. The Bertz CT molecular complexity index is 794. The minimum atomic E-state index is -0.896. The number of nitrogens with zero attached hydrogens (tertiary/aromatic N) is 2. The Hall–Kier alpha value is -1.96. The third-order valence-corrected chi connectivity index (χ3v) is 5.35. The maximum atomic E-state index is 12.8. The van der Waals surface area contributed by atoms with Crippen molar-refractivity contribution >= 4 is 17.0 Å². The van der Waals surface area contributed by atoms with Crippen molar-refractivity contribution in [3.63, 3.8) is 0 Å². The zero-order valence-corrected chi connectivity index (χ0v) is 14.1. The Kier molecular flexibility index (Phi) is 4.02. The number of carbonyl (C=O) groups excluding carboxylic acids is 1. The molecule has 2 N–H and O–H groups in total. The van der Waals surface area contributed by atoms with Gasteiger partial charge >= 0.3 is 0 Å². The second-order valence-corrected chi connectivity index (χ2v) is 6.92. The fourth-order valence-corrected chi connectivity index (χ4v) is 3.86. The van der Waals surface area contributed by atoms with Crippen LogP contribution in [0.25, 0.3) is 11.1 Å². The van der Waals surface area contributed by atoms with Crippen LogP contribution in [0.5, 0.6) is 0 Å². The van der Waals surface area contributed by atoms with E-state index in [2.05, 4.69) is 4.98 Å². The number of benzene rings is 1. The van der Waals surface area contributed by atoms with Crippen molar-refractivity contribution < 1.29 is 24.2 Å². The monoisotopic (exact) mass is 346 g/mol. The van der Waals surface area contributed by atoms with Crippen LogP contribution < -0.4 is 0 Å². The minimum Gasteiger partial charge on any atom is -0.441 e. The predicted octanol–water partition coefficient (Wildman–Crippen LogP) is 1.25. The molecular weight excluding hydrogens is 324 g/mol. The van der Waals surface area contributed by atoms with E-state index in [1.165, 1.54) is 0 Å². The number of aromatic nitrogens is 1. The summed E-state index contributed by atoms with van der Waals surface area (Å²) in [6, 6.07) is 5.26.